The van der Waals surface area contributed by atoms with Gasteiger partial charge in [-0.25, -0.2) is 4.79 Å². The van der Waals surface area contributed by atoms with Gasteiger partial charge in [0.05, 0.1) is 28.4 Å². The second-order valence-electron chi connectivity index (χ2n) is 6.55. The summed E-state index contributed by atoms with van der Waals surface area (Å²) in [6.45, 7) is 1.53. The zero-order valence-electron chi connectivity index (χ0n) is 16.7. The van der Waals surface area contributed by atoms with Crippen LogP contribution in [0.3, 0.4) is 0 Å². The summed E-state index contributed by atoms with van der Waals surface area (Å²) in [5, 5.41) is 33.9. The first kappa shape index (κ1) is 23.2. The summed E-state index contributed by atoms with van der Waals surface area (Å²) in [7, 11) is 0. The first-order valence-corrected chi connectivity index (χ1v) is 9.14. The number of phenolic OH excluding ortho intramolecular Hbond substituents is 1. The standard InChI is InChI=1S/C20H14F3N3O7/c1-2-33-15-9-10(8-14(16(15)27)26(31)32)7-13-17(20(21,22)23)24-25(18(13)28)12-5-3-11(4-6-12)19(29)30/h3-9,27H,2H2,1H3,(H,29,30)/b13-7-. The summed E-state index contributed by atoms with van der Waals surface area (Å²) in [6.07, 6.45) is -4.31. The predicted octanol–water partition coefficient (Wildman–Crippen LogP) is 3.75. The van der Waals surface area contributed by atoms with Crippen LogP contribution in [0.5, 0.6) is 11.5 Å². The number of carbonyl (C=O) groups is 2. The van der Waals surface area contributed by atoms with Crippen LogP contribution in [0.4, 0.5) is 24.5 Å². The van der Waals surface area contributed by atoms with Crippen LogP contribution in [0, 0.1) is 10.1 Å². The third-order valence-corrected chi connectivity index (χ3v) is 4.39. The van der Waals surface area contributed by atoms with Crippen molar-refractivity contribution < 1.29 is 42.6 Å². The molecule has 2 N–H and O–H groups in total. The van der Waals surface area contributed by atoms with Gasteiger partial charge in [0.25, 0.3) is 5.91 Å². The van der Waals surface area contributed by atoms with Crippen LogP contribution in [-0.2, 0) is 4.79 Å². The van der Waals surface area contributed by atoms with Crippen LogP contribution in [-0.4, -0.2) is 45.5 Å². The molecule has 1 heterocycles. The molecule has 1 aliphatic heterocycles. The number of aromatic carboxylic acids is 1. The minimum Gasteiger partial charge on any atom is -0.500 e. The molecule has 0 saturated heterocycles. The highest BCUT2D eigenvalue weighted by molar-refractivity contribution is 6.34. The van der Waals surface area contributed by atoms with Crippen LogP contribution in [0.1, 0.15) is 22.8 Å². The molecule has 0 radical (unpaired) electrons. The number of anilines is 1. The van der Waals surface area contributed by atoms with Gasteiger partial charge in [-0.3, -0.25) is 14.9 Å². The van der Waals surface area contributed by atoms with Gasteiger partial charge < -0.3 is 14.9 Å². The predicted molar refractivity (Wildman–Crippen MR) is 108 cm³/mol. The smallest absolute Gasteiger partial charge is 0.435 e. The van der Waals surface area contributed by atoms with Gasteiger partial charge in [-0.05, 0) is 48.9 Å². The average molecular weight is 465 g/mol. The molecule has 0 bridgehead atoms. The fourth-order valence-electron chi connectivity index (χ4n) is 2.94. The Morgan fingerprint density at radius 3 is 2.42 bits per heavy atom. The van der Waals surface area contributed by atoms with Crippen molar-refractivity contribution in [2.75, 3.05) is 11.6 Å². The van der Waals surface area contributed by atoms with Gasteiger partial charge in [0.15, 0.2) is 11.5 Å². The number of halogens is 3. The number of hydrogen-bond acceptors (Lipinski definition) is 7. The van der Waals surface area contributed by atoms with Crippen LogP contribution < -0.4 is 9.75 Å². The van der Waals surface area contributed by atoms with Gasteiger partial charge in [-0.1, -0.05) is 0 Å². The zero-order valence-corrected chi connectivity index (χ0v) is 16.7. The van der Waals surface area contributed by atoms with Crippen LogP contribution in [0.2, 0.25) is 0 Å². The molecule has 0 aliphatic carbocycles. The average Bonchev–Trinajstić information content (AvgIpc) is 3.06. The van der Waals surface area contributed by atoms with E-state index in [1.807, 2.05) is 0 Å². The van der Waals surface area contributed by atoms with E-state index >= 15 is 0 Å². The lowest BCUT2D eigenvalue weighted by Crippen LogP contribution is -2.25. The van der Waals surface area contributed by atoms with Gasteiger partial charge >= 0.3 is 17.8 Å². The number of hydrogen-bond donors (Lipinski definition) is 2. The summed E-state index contributed by atoms with van der Waals surface area (Å²) in [5.74, 6) is -3.63. The van der Waals surface area contributed by atoms with Crippen LogP contribution in [0.25, 0.3) is 6.08 Å². The lowest BCUT2D eigenvalue weighted by Gasteiger charge is -2.12. The number of ether oxygens (including phenoxy) is 1. The maximum atomic E-state index is 13.6. The molecule has 13 heteroatoms. The van der Waals surface area contributed by atoms with Gasteiger partial charge in [0.2, 0.25) is 5.75 Å². The number of phenols is 1. The van der Waals surface area contributed by atoms with E-state index < -0.39 is 45.7 Å². The Bertz CT molecular complexity index is 1200. The maximum Gasteiger partial charge on any atom is 0.435 e. The van der Waals surface area contributed by atoms with Crippen molar-refractivity contribution in [1.82, 2.24) is 0 Å². The first-order valence-electron chi connectivity index (χ1n) is 9.14. The largest absolute Gasteiger partial charge is 0.500 e. The lowest BCUT2D eigenvalue weighted by atomic mass is 10.0. The topological polar surface area (TPSA) is 143 Å². The Kier molecular flexibility index (Phi) is 6.06. The highest BCUT2D eigenvalue weighted by atomic mass is 19.4. The SMILES string of the molecule is CCOc1cc(/C=C2\C(=O)N(c3ccc(C(=O)O)cc3)N=C2C(F)(F)F)cc([N+](=O)[O-])c1O. The van der Waals surface area contributed by atoms with Crippen molar-refractivity contribution in [3.05, 3.63) is 63.2 Å². The fraction of sp³-hybridized carbons (Fsp3) is 0.150. The second-order valence-corrected chi connectivity index (χ2v) is 6.55. The minimum absolute atomic E-state index is 0.000947. The fourth-order valence-corrected chi connectivity index (χ4v) is 2.94. The molecule has 0 spiro atoms. The van der Waals surface area contributed by atoms with Crippen LogP contribution in [0.15, 0.2) is 47.1 Å². The third-order valence-electron chi connectivity index (χ3n) is 4.39. The lowest BCUT2D eigenvalue weighted by molar-refractivity contribution is -0.386. The van der Waals surface area contributed by atoms with E-state index in [4.69, 9.17) is 9.84 Å². The Labute approximate surface area is 183 Å². The highest BCUT2D eigenvalue weighted by Gasteiger charge is 2.47. The summed E-state index contributed by atoms with van der Waals surface area (Å²) in [5.41, 5.74) is -3.78. The van der Waals surface area contributed by atoms with E-state index in [2.05, 4.69) is 5.10 Å². The molecule has 2 aromatic carbocycles. The van der Waals surface area contributed by atoms with E-state index in [0.29, 0.717) is 5.01 Å². The number of nitrogens with zero attached hydrogens (tertiary/aromatic N) is 3. The van der Waals surface area contributed by atoms with Crippen LogP contribution >= 0.6 is 0 Å². The molecule has 172 valence electrons. The Morgan fingerprint density at radius 2 is 1.91 bits per heavy atom. The normalized spacial score (nSPS) is 15.0. The number of hydrazone groups is 1. The van der Waals surface area contributed by atoms with Gasteiger partial charge in [0, 0.05) is 6.07 Å². The number of benzene rings is 2. The van der Waals surface area contributed by atoms with Gasteiger partial charge in [-0.15, -0.1) is 0 Å². The third kappa shape index (κ3) is 4.61. The van der Waals surface area contributed by atoms with E-state index in [0.717, 1.165) is 42.5 Å². The van der Waals surface area contributed by atoms with E-state index in [1.54, 1.807) is 0 Å². The van der Waals surface area contributed by atoms with Gasteiger partial charge in [-0.2, -0.15) is 23.3 Å². The molecule has 0 saturated carbocycles. The number of carboxylic acids is 1. The Balaban J connectivity index is 2.12. The summed E-state index contributed by atoms with van der Waals surface area (Å²) in [6, 6.07) is 6.24. The van der Waals surface area contributed by atoms with Crippen molar-refractivity contribution in [2.24, 2.45) is 5.10 Å². The van der Waals surface area contributed by atoms with Gasteiger partial charge in [0.1, 0.15) is 0 Å². The van der Waals surface area contributed by atoms with Crippen molar-refractivity contribution in [2.45, 2.75) is 13.1 Å². The summed E-state index contributed by atoms with van der Waals surface area (Å²) in [4.78, 5) is 34.0. The highest BCUT2D eigenvalue weighted by Crippen LogP contribution is 2.39. The molecular weight excluding hydrogens is 451 g/mol. The molecule has 3 rings (SSSR count). The molecule has 0 unspecified atom stereocenters. The Morgan fingerprint density at radius 1 is 1.27 bits per heavy atom. The van der Waals surface area contributed by atoms with Crippen molar-refractivity contribution in [1.29, 1.82) is 0 Å². The number of carboxylic acid groups (broad SMARTS) is 1. The zero-order chi connectivity index (χ0) is 24.5. The molecule has 0 aromatic heterocycles. The minimum atomic E-state index is -5.05. The molecule has 0 atom stereocenters. The van der Waals surface area contributed by atoms with E-state index in [-0.39, 0.29) is 29.2 Å². The molecule has 10 nitrogen and oxygen atoms in total. The van der Waals surface area contributed by atoms with E-state index in [1.165, 1.54) is 6.92 Å². The number of alkyl halides is 3. The quantitative estimate of drug-likeness (QED) is 0.376. The number of aromatic hydroxyl groups is 1. The molecule has 1 amide bonds. The Hall–Kier alpha value is -4.42. The maximum absolute atomic E-state index is 13.6. The number of amides is 1. The van der Waals surface area contributed by atoms with Crippen molar-refractivity contribution >= 4 is 35.0 Å². The first-order chi connectivity index (χ1) is 15.4. The molecule has 2 aromatic rings. The number of nitro benzene ring substituents is 1. The van der Waals surface area contributed by atoms with Crippen molar-refractivity contribution in [3.63, 3.8) is 0 Å². The summed E-state index contributed by atoms with van der Waals surface area (Å²) < 4.78 is 45.9. The van der Waals surface area contributed by atoms with Crippen molar-refractivity contribution in [3.8, 4) is 11.5 Å². The molecule has 1 aliphatic rings. The molecule has 0 fully saturated rings. The van der Waals surface area contributed by atoms with E-state index in [9.17, 15) is 38.0 Å². The molecular formula is C20H14F3N3O7. The monoisotopic (exact) mass is 465 g/mol. The number of carbonyl (C=O) groups excluding carboxylic acids is 1. The number of nitro groups is 1. The number of rotatable bonds is 6. The molecule has 33 heavy (non-hydrogen) atoms. The second kappa shape index (κ2) is 8.61. The summed E-state index contributed by atoms with van der Waals surface area (Å²) >= 11 is 0.